The summed E-state index contributed by atoms with van der Waals surface area (Å²) in [5, 5.41) is -0.160. The number of hydrogen-bond donors (Lipinski definition) is 1. The molecule has 136 valence electrons. The number of hydrogen-bond acceptors (Lipinski definition) is 5. The Morgan fingerprint density at radius 2 is 1.81 bits per heavy atom. The van der Waals surface area contributed by atoms with Gasteiger partial charge in [0.1, 0.15) is 5.30 Å². The summed E-state index contributed by atoms with van der Waals surface area (Å²) in [7, 11) is -4.29. The third-order valence-electron chi connectivity index (χ3n) is 4.19. The summed E-state index contributed by atoms with van der Waals surface area (Å²) in [4.78, 5) is 40.8. The van der Waals surface area contributed by atoms with E-state index in [9.17, 15) is 19.0 Å². The average Bonchev–Trinajstić information content (AvgIpc) is 2.86. The van der Waals surface area contributed by atoms with Crippen molar-refractivity contribution in [3.8, 4) is 0 Å². The van der Waals surface area contributed by atoms with Crippen LogP contribution in [0.15, 0.2) is 36.5 Å². The molecule has 1 aliphatic heterocycles. The first-order valence-electron chi connectivity index (χ1n) is 8.22. The summed E-state index contributed by atoms with van der Waals surface area (Å²) in [6.45, 7) is 5.20. The molecule has 1 aromatic heterocycles. The van der Waals surface area contributed by atoms with E-state index in [1.54, 1.807) is 26.0 Å². The summed E-state index contributed by atoms with van der Waals surface area (Å²) in [5.41, 5.74) is 1.09. The van der Waals surface area contributed by atoms with Crippen molar-refractivity contribution in [2.24, 2.45) is 0 Å². The summed E-state index contributed by atoms with van der Waals surface area (Å²) < 4.78 is 18.1. The zero-order valence-corrected chi connectivity index (χ0v) is 15.6. The van der Waals surface area contributed by atoms with Crippen molar-refractivity contribution in [1.29, 1.82) is 0 Å². The van der Waals surface area contributed by atoms with E-state index in [1.807, 2.05) is 6.92 Å². The molecule has 2 amide bonds. The average molecular weight is 374 g/mol. The molecule has 26 heavy (non-hydrogen) atoms. The number of amides is 2. The third-order valence-corrected chi connectivity index (χ3v) is 5.78. The van der Waals surface area contributed by atoms with Crippen LogP contribution in [-0.2, 0) is 9.09 Å². The first-order chi connectivity index (χ1) is 12.3. The van der Waals surface area contributed by atoms with Gasteiger partial charge in [0, 0.05) is 6.20 Å². The van der Waals surface area contributed by atoms with Crippen LogP contribution in [0.25, 0.3) is 0 Å². The number of nitrogens with zero attached hydrogens (tertiary/aromatic N) is 2. The van der Waals surface area contributed by atoms with Crippen LogP contribution in [-0.4, -0.2) is 27.8 Å². The maximum absolute atomic E-state index is 12.8. The van der Waals surface area contributed by atoms with Gasteiger partial charge in [-0.25, -0.2) is 9.88 Å². The van der Waals surface area contributed by atoms with E-state index in [-0.39, 0.29) is 22.2 Å². The number of aryl methyl sites for hydroxylation is 1. The molecule has 1 aromatic carbocycles. The van der Waals surface area contributed by atoms with Crippen LogP contribution >= 0.6 is 7.60 Å². The summed E-state index contributed by atoms with van der Waals surface area (Å²) in [6.07, 6.45) is 1.50. The largest absolute Gasteiger partial charge is 0.362 e. The lowest BCUT2D eigenvalue weighted by atomic mass is 10.1. The molecule has 2 atom stereocenters. The number of aromatic nitrogens is 1. The maximum atomic E-state index is 12.8. The van der Waals surface area contributed by atoms with Gasteiger partial charge in [-0.1, -0.05) is 19.1 Å². The van der Waals surface area contributed by atoms with Gasteiger partial charge in [-0.3, -0.25) is 14.2 Å². The van der Waals surface area contributed by atoms with Gasteiger partial charge >= 0.3 is 7.60 Å². The Labute approximate surface area is 151 Å². The Morgan fingerprint density at radius 1 is 1.23 bits per heavy atom. The Balaban J connectivity index is 2.12. The molecule has 0 bridgehead atoms. The molecular weight excluding hydrogens is 355 g/mol. The highest BCUT2D eigenvalue weighted by molar-refractivity contribution is 7.61. The molecule has 0 fully saturated rings. The predicted octanol–water partition coefficient (Wildman–Crippen LogP) is 2.82. The minimum Gasteiger partial charge on any atom is -0.321 e. The van der Waals surface area contributed by atoms with E-state index in [2.05, 4.69) is 4.98 Å². The summed E-state index contributed by atoms with van der Waals surface area (Å²) >= 11 is 0. The lowest BCUT2D eigenvalue weighted by Crippen LogP contribution is -2.35. The number of carbonyl (C=O) groups excluding carboxylic acids is 2. The molecule has 8 heteroatoms. The fourth-order valence-corrected chi connectivity index (χ4v) is 4.21. The maximum Gasteiger partial charge on any atom is 0.362 e. The minimum absolute atomic E-state index is 0.160. The van der Waals surface area contributed by atoms with E-state index in [0.29, 0.717) is 12.0 Å². The molecule has 0 saturated heterocycles. The van der Waals surface area contributed by atoms with Crippen molar-refractivity contribution in [2.75, 3.05) is 4.90 Å². The number of carbonyl (C=O) groups is 2. The fraction of sp³-hybridized carbons (Fsp3) is 0.278. The van der Waals surface area contributed by atoms with Crippen molar-refractivity contribution in [3.63, 3.8) is 0 Å². The van der Waals surface area contributed by atoms with Crippen LogP contribution < -0.4 is 10.2 Å². The summed E-state index contributed by atoms with van der Waals surface area (Å²) in [6, 6.07) is 7.81. The van der Waals surface area contributed by atoms with Crippen molar-refractivity contribution < 1.29 is 23.6 Å². The molecule has 3 rings (SSSR count). The first-order valence-corrected chi connectivity index (χ1v) is 9.80. The molecule has 7 nitrogen and oxygen atoms in total. The second kappa shape index (κ2) is 6.76. The quantitative estimate of drug-likeness (QED) is 0.639. The number of benzene rings is 1. The summed E-state index contributed by atoms with van der Waals surface area (Å²) in [5.74, 6) is -1.32. The van der Waals surface area contributed by atoms with E-state index < -0.39 is 25.5 Å². The third kappa shape index (κ3) is 3.09. The lowest BCUT2D eigenvalue weighted by molar-refractivity contribution is 0.0925. The predicted molar refractivity (Wildman–Crippen MR) is 96.9 cm³/mol. The lowest BCUT2D eigenvalue weighted by Gasteiger charge is -2.22. The zero-order chi connectivity index (χ0) is 19.1. The van der Waals surface area contributed by atoms with Crippen LogP contribution in [0.3, 0.4) is 0 Å². The van der Waals surface area contributed by atoms with Crippen molar-refractivity contribution in [2.45, 2.75) is 33.3 Å². The molecule has 1 N–H and O–H groups in total. The molecule has 0 aliphatic carbocycles. The minimum atomic E-state index is -4.29. The molecule has 0 saturated carbocycles. The Morgan fingerprint density at radius 3 is 2.35 bits per heavy atom. The van der Waals surface area contributed by atoms with Crippen molar-refractivity contribution in [3.05, 3.63) is 53.2 Å². The van der Waals surface area contributed by atoms with Gasteiger partial charge in [0.25, 0.3) is 11.8 Å². The van der Waals surface area contributed by atoms with Gasteiger partial charge in [0.15, 0.2) is 5.82 Å². The number of anilines is 1. The van der Waals surface area contributed by atoms with Crippen LogP contribution in [0.4, 0.5) is 5.82 Å². The monoisotopic (exact) mass is 374 g/mol. The molecular formula is C18H19N2O5P. The number of rotatable bonds is 5. The molecule has 2 unspecified atom stereocenters. The normalized spacial score (nSPS) is 17.2. The highest BCUT2D eigenvalue weighted by Crippen LogP contribution is 2.46. The van der Waals surface area contributed by atoms with Gasteiger partial charge in [-0.05, 0) is 44.0 Å². The smallest absolute Gasteiger partial charge is 0.321 e. The zero-order valence-electron chi connectivity index (χ0n) is 14.7. The van der Waals surface area contributed by atoms with E-state index in [1.165, 1.54) is 24.4 Å². The standard InChI is InChI=1S/C18H19N2O5P/c1-4-12(3)25-26(23,24)15-9-11(2)10-19-16(15)20-17(21)13-7-5-6-8-14(13)18(20)22/h5-10,12H,4H2,1-3H3,(H,23,24). The van der Waals surface area contributed by atoms with Crippen LogP contribution in [0.1, 0.15) is 46.5 Å². The Bertz CT molecular complexity index is 908. The van der Waals surface area contributed by atoms with Gasteiger partial charge in [0.2, 0.25) is 0 Å². The van der Waals surface area contributed by atoms with Gasteiger partial charge in [0.05, 0.1) is 17.2 Å². The van der Waals surface area contributed by atoms with Gasteiger partial charge in [-0.15, -0.1) is 0 Å². The topological polar surface area (TPSA) is 96.8 Å². The fourth-order valence-electron chi connectivity index (χ4n) is 2.68. The number of imide groups is 1. The second-order valence-corrected chi connectivity index (χ2v) is 7.92. The van der Waals surface area contributed by atoms with E-state index in [4.69, 9.17) is 4.52 Å². The van der Waals surface area contributed by atoms with Crippen LogP contribution in [0, 0.1) is 6.92 Å². The highest BCUT2D eigenvalue weighted by Gasteiger charge is 2.41. The Kier molecular flexibility index (Phi) is 4.80. The number of pyridine rings is 1. The SMILES string of the molecule is CCC(C)OP(=O)(O)c1cc(C)cnc1N1C(=O)c2ccccc2C1=O. The molecule has 0 spiro atoms. The van der Waals surface area contributed by atoms with Crippen LogP contribution in [0.2, 0.25) is 0 Å². The van der Waals surface area contributed by atoms with Crippen molar-refractivity contribution >= 4 is 30.5 Å². The molecule has 1 aliphatic rings. The Hall–Kier alpha value is -2.34. The number of fused-ring (bicyclic) bond motifs is 1. The molecule has 2 aromatic rings. The van der Waals surface area contributed by atoms with Crippen molar-refractivity contribution in [1.82, 2.24) is 4.98 Å². The van der Waals surface area contributed by atoms with Gasteiger partial charge < -0.3 is 9.42 Å². The first kappa shape index (κ1) is 18.5. The molecule has 0 radical (unpaired) electrons. The highest BCUT2D eigenvalue weighted by atomic mass is 31.2. The van der Waals surface area contributed by atoms with E-state index >= 15 is 0 Å². The molecule has 2 heterocycles. The van der Waals surface area contributed by atoms with Crippen LogP contribution in [0.5, 0.6) is 0 Å². The second-order valence-electron chi connectivity index (χ2n) is 6.19. The van der Waals surface area contributed by atoms with Gasteiger partial charge in [-0.2, -0.15) is 0 Å². The van der Waals surface area contributed by atoms with E-state index in [0.717, 1.165) is 4.90 Å².